The van der Waals surface area contributed by atoms with E-state index in [-0.39, 0.29) is 5.69 Å². The van der Waals surface area contributed by atoms with Gasteiger partial charge in [0, 0.05) is 16.3 Å². The number of nitrogens with one attached hydrogen (secondary N) is 1. The molecule has 0 unspecified atom stereocenters. The fourth-order valence-electron chi connectivity index (χ4n) is 2.66. The third-order valence-corrected chi connectivity index (χ3v) is 3.87. The first kappa shape index (κ1) is 14.3. The number of carbonyl (C=O) groups is 1. The van der Waals surface area contributed by atoms with Gasteiger partial charge in [-0.15, -0.1) is 0 Å². The van der Waals surface area contributed by atoms with Crippen molar-refractivity contribution in [3.05, 3.63) is 66.5 Å². The first-order valence-corrected chi connectivity index (χ1v) is 7.47. The lowest BCUT2D eigenvalue weighted by atomic mass is 10.1. The van der Waals surface area contributed by atoms with Crippen LogP contribution in [-0.4, -0.2) is 23.0 Å². The number of nitrogens with zero attached hydrogens (tertiary/aromatic N) is 1. The van der Waals surface area contributed by atoms with Gasteiger partial charge in [-0.25, -0.2) is 9.78 Å². The van der Waals surface area contributed by atoms with E-state index in [0.29, 0.717) is 11.5 Å². The number of hydrogen-bond acceptors (Lipinski definition) is 4. The molecule has 0 fully saturated rings. The van der Waals surface area contributed by atoms with Crippen molar-refractivity contribution >= 4 is 27.8 Å². The Morgan fingerprint density at radius 1 is 0.958 bits per heavy atom. The number of H-pyrrole nitrogens is 1. The third-order valence-electron chi connectivity index (χ3n) is 3.87. The first-order chi connectivity index (χ1) is 11.7. The quantitative estimate of drug-likeness (QED) is 0.459. The van der Waals surface area contributed by atoms with Gasteiger partial charge in [-0.2, -0.15) is 0 Å². The van der Waals surface area contributed by atoms with Crippen LogP contribution in [0.4, 0.5) is 0 Å². The number of aromatic amines is 1. The van der Waals surface area contributed by atoms with Crippen LogP contribution in [-0.2, 0) is 0 Å². The van der Waals surface area contributed by atoms with Crippen LogP contribution in [0.15, 0.2) is 60.8 Å². The van der Waals surface area contributed by atoms with Gasteiger partial charge in [0.25, 0.3) is 0 Å². The number of ether oxygens (including phenoxy) is 2. The fourth-order valence-corrected chi connectivity index (χ4v) is 2.66. The van der Waals surface area contributed by atoms with Crippen LogP contribution in [0.3, 0.4) is 0 Å². The largest absolute Gasteiger partial charge is 0.497 e. The van der Waals surface area contributed by atoms with Crippen molar-refractivity contribution in [1.82, 2.24) is 9.97 Å². The van der Waals surface area contributed by atoms with Crippen molar-refractivity contribution in [1.29, 1.82) is 0 Å². The van der Waals surface area contributed by atoms with Crippen LogP contribution in [0, 0.1) is 0 Å². The number of hydrogen-bond donors (Lipinski definition) is 1. The summed E-state index contributed by atoms with van der Waals surface area (Å²) in [7, 11) is 1.58. The number of pyridine rings is 1. The summed E-state index contributed by atoms with van der Waals surface area (Å²) in [5.41, 5.74) is 2.16. The second-order valence-corrected chi connectivity index (χ2v) is 5.35. The highest BCUT2D eigenvalue weighted by molar-refractivity contribution is 6.08. The van der Waals surface area contributed by atoms with E-state index in [2.05, 4.69) is 9.97 Å². The van der Waals surface area contributed by atoms with E-state index in [0.717, 1.165) is 21.8 Å². The zero-order valence-electron chi connectivity index (χ0n) is 12.9. The Morgan fingerprint density at radius 2 is 1.71 bits per heavy atom. The van der Waals surface area contributed by atoms with E-state index in [1.165, 1.54) is 0 Å². The molecule has 0 amide bonds. The number of benzene rings is 2. The first-order valence-electron chi connectivity index (χ1n) is 7.47. The Balaban J connectivity index is 1.67. The van der Waals surface area contributed by atoms with Crippen LogP contribution in [0.5, 0.6) is 11.5 Å². The third kappa shape index (κ3) is 2.46. The SMILES string of the molecule is COc1ccc(OC(=O)c2cc3c(cn2)[nH]c2ccccc23)cc1. The number of aromatic nitrogens is 2. The van der Waals surface area contributed by atoms with Crippen molar-refractivity contribution in [2.75, 3.05) is 7.11 Å². The second kappa shape index (κ2) is 5.70. The summed E-state index contributed by atoms with van der Waals surface area (Å²) in [6, 6.07) is 16.5. The molecule has 2 aromatic carbocycles. The molecular formula is C19H14N2O3. The molecule has 0 aliphatic carbocycles. The molecule has 5 nitrogen and oxygen atoms in total. The minimum Gasteiger partial charge on any atom is -0.497 e. The zero-order valence-corrected chi connectivity index (χ0v) is 12.9. The van der Waals surface area contributed by atoms with Crippen molar-refractivity contribution < 1.29 is 14.3 Å². The normalized spacial score (nSPS) is 10.9. The summed E-state index contributed by atoms with van der Waals surface area (Å²) >= 11 is 0. The van der Waals surface area contributed by atoms with Crippen LogP contribution in [0.2, 0.25) is 0 Å². The Bertz CT molecular complexity index is 1040. The van der Waals surface area contributed by atoms with Crippen LogP contribution < -0.4 is 9.47 Å². The summed E-state index contributed by atoms with van der Waals surface area (Å²) in [4.78, 5) is 19.8. The predicted molar refractivity (Wildman–Crippen MR) is 91.6 cm³/mol. The van der Waals surface area contributed by atoms with E-state index >= 15 is 0 Å². The molecule has 1 N–H and O–H groups in total. The Hall–Kier alpha value is -3.34. The topological polar surface area (TPSA) is 64.2 Å². The Kier molecular flexibility index (Phi) is 3.39. The van der Waals surface area contributed by atoms with Crippen molar-refractivity contribution in [3.63, 3.8) is 0 Å². The van der Waals surface area contributed by atoms with Crippen LogP contribution >= 0.6 is 0 Å². The average molecular weight is 318 g/mol. The van der Waals surface area contributed by atoms with Gasteiger partial charge in [0.15, 0.2) is 0 Å². The Labute approximate surface area is 137 Å². The molecule has 4 aromatic rings. The maximum atomic E-state index is 12.3. The molecule has 0 aliphatic heterocycles. The molecule has 0 saturated carbocycles. The molecule has 0 bridgehead atoms. The number of carbonyl (C=O) groups excluding carboxylic acids is 1. The van der Waals surface area contributed by atoms with E-state index in [4.69, 9.17) is 9.47 Å². The van der Waals surface area contributed by atoms with E-state index in [1.807, 2.05) is 24.3 Å². The molecule has 2 aromatic heterocycles. The summed E-state index contributed by atoms with van der Waals surface area (Å²) < 4.78 is 10.5. The number of para-hydroxylation sites is 1. The highest BCUT2D eigenvalue weighted by Crippen LogP contribution is 2.25. The summed E-state index contributed by atoms with van der Waals surface area (Å²) in [6.45, 7) is 0. The standard InChI is InChI=1S/C19H14N2O3/c1-23-12-6-8-13(9-7-12)24-19(22)17-10-15-14-4-2-3-5-16(14)21-18(15)11-20-17/h2-11,21H,1H3. The van der Waals surface area contributed by atoms with E-state index in [1.54, 1.807) is 43.6 Å². The molecular weight excluding hydrogens is 304 g/mol. The smallest absolute Gasteiger partial charge is 0.362 e. The lowest BCUT2D eigenvalue weighted by Crippen LogP contribution is -2.10. The van der Waals surface area contributed by atoms with Crippen molar-refractivity contribution in [3.8, 4) is 11.5 Å². The number of rotatable bonds is 3. The van der Waals surface area contributed by atoms with Gasteiger partial charge in [0.05, 0.1) is 18.8 Å². The fraction of sp³-hybridized carbons (Fsp3) is 0.0526. The molecule has 4 rings (SSSR count). The van der Waals surface area contributed by atoms with Gasteiger partial charge in [-0.3, -0.25) is 0 Å². The monoisotopic (exact) mass is 318 g/mol. The number of fused-ring (bicyclic) bond motifs is 3. The minimum atomic E-state index is -0.493. The molecule has 24 heavy (non-hydrogen) atoms. The lowest BCUT2D eigenvalue weighted by molar-refractivity contribution is 0.0728. The van der Waals surface area contributed by atoms with Crippen molar-refractivity contribution in [2.45, 2.75) is 0 Å². The maximum Gasteiger partial charge on any atom is 0.362 e. The molecule has 0 radical (unpaired) electrons. The molecule has 0 aliphatic rings. The number of methoxy groups -OCH3 is 1. The zero-order chi connectivity index (χ0) is 16.5. The maximum absolute atomic E-state index is 12.3. The second-order valence-electron chi connectivity index (χ2n) is 5.35. The molecule has 0 spiro atoms. The Morgan fingerprint density at radius 3 is 2.50 bits per heavy atom. The van der Waals surface area contributed by atoms with Gasteiger partial charge in [-0.1, -0.05) is 18.2 Å². The van der Waals surface area contributed by atoms with Gasteiger partial charge < -0.3 is 14.5 Å². The van der Waals surface area contributed by atoms with Gasteiger partial charge in [0.1, 0.15) is 17.2 Å². The lowest BCUT2D eigenvalue weighted by Gasteiger charge is -2.05. The molecule has 0 saturated heterocycles. The summed E-state index contributed by atoms with van der Waals surface area (Å²) in [6.07, 6.45) is 1.65. The van der Waals surface area contributed by atoms with E-state index in [9.17, 15) is 4.79 Å². The minimum absolute atomic E-state index is 0.267. The molecule has 2 heterocycles. The van der Waals surface area contributed by atoms with Crippen LogP contribution in [0.1, 0.15) is 10.5 Å². The van der Waals surface area contributed by atoms with Crippen LogP contribution in [0.25, 0.3) is 21.8 Å². The van der Waals surface area contributed by atoms with Gasteiger partial charge in [-0.05, 0) is 36.4 Å². The molecule has 5 heteroatoms. The summed E-state index contributed by atoms with van der Waals surface area (Å²) in [5, 5.41) is 2.00. The summed E-state index contributed by atoms with van der Waals surface area (Å²) in [5.74, 6) is 0.655. The molecule has 118 valence electrons. The highest BCUT2D eigenvalue weighted by atomic mass is 16.5. The molecule has 0 atom stereocenters. The average Bonchev–Trinajstić information content (AvgIpc) is 3.00. The highest BCUT2D eigenvalue weighted by Gasteiger charge is 2.13. The van der Waals surface area contributed by atoms with Gasteiger partial charge in [0.2, 0.25) is 0 Å². The van der Waals surface area contributed by atoms with Crippen molar-refractivity contribution in [2.24, 2.45) is 0 Å². The number of esters is 1. The van der Waals surface area contributed by atoms with E-state index < -0.39 is 5.97 Å². The predicted octanol–water partition coefficient (Wildman–Crippen LogP) is 3.94. The van der Waals surface area contributed by atoms with Gasteiger partial charge >= 0.3 is 5.97 Å².